The van der Waals surface area contributed by atoms with Crippen LogP contribution in [-0.2, 0) is 4.79 Å². The van der Waals surface area contributed by atoms with Gasteiger partial charge in [-0.2, -0.15) is 0 Å². The third kappa shape index (κ3) is 3.04. The first-order chi connectivity index (χ1) is 9.10. The molecule has 0 aromatic heterocycles. The van der Waals surface area contributed by atoms with Crippen LogP contribution in [0.2, 0.25) is 0 Å². The fourth-order valence-electron chi connectivity index (χ4n) is 1.84. The molecule has 0 atom stereocenters. The summed E-state index contributed by atoms with van der Waals surface area (Å²) in [5.41, 5.74) is 2.57. The molecular weight excluding hydrogens is 242 g/mol. The number of nitrogens with one attached hydrogen (secondary N) is 1. The van der Waals surface area contributed by atoms with E-state index in [1.165, 1.54) is 14.0 Å². The minimum Gasteiger partial charge on any atom is -0.504 e. The predicted octanol–water partition coefficient (Wildman–Crippen LogP) is 3.03. The lowest BCUT2D eigenvalue weighted by atomic mass is 10.0. The van der Waals surface area contributed by atoms with Crippen molar-refractivity contribution in [2.45, 2.75) is 6.92 Å². The molecule has 2 rings (SSSR count). The predicted molar refractivity (Wildman–Crippen MR) is 74.4 cm³/mol. The Morgan fingerprint density at radius 2 is 1.89 bits per heavy atom. The van der Waals surface area contributed by atoms with E-state index in [0.717, 1.165) is 16.8 Å². The van der Waals surface area contributed by atoms with Crippen LogP contribution < -0.4 is 10.1 Å². The molecule has 2 aromatic carbocycles. The van der Waals surface area contributed by atoms with Gasteiger partial charge in [0.05, 0.1) is 7.11 Å². The Hall–Kier alpha value is -2.49. The molecule has 2 N–H and O–H groups in total. The second-order valence-electron chi connectivity index (χ2n) is 4.15. The molecule has 0 unspecified atom stereocenters. The van der Waals surface area contributed by atoms with Crippen molar-refractivity contribution in [3.05, 3.63) is 42.5 Å². The third-order valence-electron chi connectivity index (χ3n) is 2.70. The van der Waals surface area contributed by atoms with Crippen molar-refractivity contribution in [3.8, 4) is 22.6 Å². The van der Waals surface area contributed by atoms with Gasteiger partial charge in [-0.3, -0.25) is 4.79 Å². The van der Waals surface area contributed by atoms with Crippen molar-refractivity contribution in [1.82, 2.24) is 0 Å². The topological polar surface area (TPSA) is 58.6 Å². The second-order valence-corrected chi connectivity index (χ2v) is 4.15. The van der Waals surface area contributed by atoms with Crippen molar-refractivity contribution < 1.29 is 14.6 Å². The number of hydrogen-bond acceptors (Lipinski definition) is 3. The molecule has 0 aliphatic heterocycles. The van der Waals surface area contributed by atoms with Crippen LogP contribution in [0.3, 0.4) is 0 Å². The summed E-state index contributed by atoms with van der Waals surface area (Å²) >= 11 is 0. The van der Waals surface area contributed by atoms with E-state index in [2.05, 4.69) is 5.32 Å². The number of methoxy groups -OCH3 is 1. The highest BCUT2D eigenvalue weighted by Gasteiger charge is 2.05. The van der Waals surface area contributed by atoms with Gasteiger partial charge in [0.15, 0.2) is 11.5 Å². The van der Waals surface area contributed by atoms with Gasteiger partial charge in [-0.05, 0) is 35.4 Å². The van der Waals surface area contributed by atoms with Crippen LogP contribution in [0.15, 0.2) is 42.5 Å². The molecule has 4 nitrogen and oxygen atoms in total. The second kappa shape index (κ2) is 5.44. The van der Waals surface area contributed by atoms with Crippen molar-refractivity contribution in [1.29, 1.82) is 0 Å². The molecule has 2 aromatic rings. The van der Waals surface area contributed by atoms with Crippen LogP contribution in [0.5, 0.6) is 11.5 Å². The zero-order chi connectivity index (χ0) is 13.8. The zero-order valence-corrected chi connectivity index (χ0v) is 10.8. The number of phenolic OH excluding ortho intramolecular Hbond substituents is 1. The fourth-order valence-corrected chi connectivity index (χ4v) is 1.84. The molecule has 98 valence electrons. The molecule has 19 heavy (non-hydrogen) atoms. The van der Waals surface area contributed by atoms with Gasteiger partial charge >= 0.3 is 0 Å². The zero-order valence-electron chi connectivity index (χ0n) is 10.8. The van der Waals surface area contributed by atoms with Gasteiger partial charge in [0.1, 0.15) is 0 Å². The van der Waals surface area contributed by atoms with Crippen LogP contribution in [-0.4, -0.2) is 18.1 Å². The Morgan fingerprint density at radius 1 is 1.16 bits per heavy atom. The van der Waals surface area contributed by atoms with Gasteiger partial charge in [-0.25, -0.2) is 0 Å². The standard InChI is InChI=1S/C15H15NO3/c1-10(17)16-13-5-3-4-11(8-13)12-6-7-14(18)15(9-12)19-2/h3-9,18H,1-2H3,(H,16,17). The summed E-state index contributed by atoms with van der Waals surface area (Å²) < 4.78 is 5.08. The lowest BCUT2D eigenvalue weighted by molar-refractivity contribution is -0.114. The van der Waals surface area contributed by atoms with Crippen LogP contribution in [0, 0.1) is 0 Å². The molecule has 4 heteroatoms. The normalized spacial score (nSPS) is 10.0. The maximum atomic E-state index is 11.0. The number of amides is 1. The van der Waals surface area contributed by atoms with Crippen LogP contribution >= 0.6 is 0 Å². The summed E-state index contributed by atoms with van der Waals surface area (Å²) in [5.74, 6) is 0.409. The van der Waals surface area contributed by atoms with Crippen molar-refractivity contribution in [2.75, 3.05) is 12.4 Å². The number of anilines is 1. The molecular formula is C15H15NO3. The Balaban J connectivity index is 2.38. The first kappa shape index (κ1) is 13.0. The van der Waals surface area contributed by atoms with Gasteiger partial charge in [-0.1, -0.05) is 18.2 Å². The number of carbonyl (C=O) groups excluding carboxylic acids is 1. The summed E-state index contributed by atoms with van der Waals surface area (Å²) in [6, 6.07) is 12.6. The summed E-state index contributed by atoms with van der Waals surface area (Å²) in [7, 11) is 1.51. The van der Waals surface area contributed by atoms with Gasteiger partial charge < -0.3 is 15.2 Å². The van der Waals surface area contributed by atoms with E-state index in [-0.39, 0.29) is 11.7 Å². The average Bonchev–Trinajstić information content (AvgIpc) is 2.39. The first-order valence-electron chi connectivity index (χ1n) is 5.85. The maximum absolute atomic E-state index is 11.0. The smallest absolute Gasteiger partial charge is 0.221 e. The van der Waals surface area contributed by atoms with E-state index < -0.39 is 0 Å². The molecule has 0 fully saturated rings. The number of carbonyl (C=O) groups is 1. The molecule has 0 radical (unpaired) electrons. The van der Waals surface area contributed by atoms with Crippen LogP contribution in [0.4, 0.5) is 5.69 Å². The van der Waals surface area contributed by atoms with Gasteiger partial charge in [-0.15, -0.1) is 0 Å². The van der Waals surface area contributed by atoms with Crippen molar-refractivity contribution >= 4 is 11.6 Å². The maximum Gasteiger partial charge on any atom is 0.221 e. The van der Waals surface area contributed by atoms with Crippen LogP contribution in [0.1, 0.15) is 6.92 Å². The summed E-state index contributed by atoms with van der Waals surface area (Å²) in [6.07, 6.45) is 0. The van der Waals surface area contributed by atoms with Gasteiger partial charge in [0, 0.05) is 12.6 Å². The monoisotopic (exact) mass is 257 g/mol. The molecule has 0 saturated carbocycles. The van der Waals surface area contributed by atoms with E-state index >= 15 is 0 Å². The number of hydrogen-bond donors (Lipinski definition) is 2. The summed E-state index contributed by atoms with van der Waals surface area (Å²) in [5, 5.41) is 12.3. The molecule has 0 heterocycles. The molecule has 0 aliphatic carbocycles. The number of aromatic hydroxyl groups is 1. The van der Waals surface area contributed by atoms with Crippen molar-refractivity contribution in [3.63, 3.8) is 0 Å². The molecule has 1 amide bonds. The SMILES string of the molecule is COc1cc(-c2cccc(NC(C)=O)c2)ccc1O. The largest absolute Gasteiger partial charge is 0.504 e. The number of rotatable bonds is 3. The Morgan fingerprint density at radius 3 is 2.58 bits per heavy atom. The molecule has 0 spiro atoms. The van der Waals surface area contributed by atoms with E-state index in [9.17, 15) is 9.90 Å². The highest BCUT2D eigenvalue weighted by atomic mass is 16.5. The lowest BCUT2D eigenvalue weighted by Crippen LogP contribution is -2.05. The first-order valence-corrected chi connectivity index (χ1v) is 5.85. The highest BCUT2D eigenvalue weighted by molar-refractivity contribution is 5.89. The minimum atomic E-state index is -0.111. The lowest BCUT2D eigenvalue weighted by Gasteiger charge is -2.08. The fraction of sp³-hybridized carbons (Fsp3) is 0.133. The average molecular weight is 257 g/mol. The summed E-state index contributed by atoms with van der Waals surface area (Å²) in [4.78, 5) is 11.0. The van der Waals surface area contributed by atoms with Gasteiger partial charge in [0.2, 0.25) is 5.91 Å². The highest BCUT2D eigenvalue weighted by Crippen LogP contribution is 2.32. The minimum absolute atomic E-state index is 0.101. The Kier molecular flexibility index (Phi) is 3.71. The Labute approximate surface area is 111 Å². The molecule has 0 bridgehead atoms. The molecule has 0 saturated heterocycles. The van der Waals surface area contributed by atoms with E-state index in [1.807, 2.05) is 24.3 Å². The Bertz CT molecular complexity index is 608. The third-order valence-corrected chi connectivity index (χ3v) is 2.70. The molecule has 0 aliphatic rings. The van der Waals surface area contributed by atoms with Crippen LogP contribution in [0.25, 0.3) is 11.1 Å². The van der Waals surface area contributed by atoms with E-state index in [0.29, 0.717) is 5.75 Å². The number of ether oxygens (including phenoxy) is 1. The quantitative estimate of drug-likeness (QED) is 0.888. The number of benzene rings is 2. The van der Waals surface area contributed by atoms with Crippen molar-refractivity contribution in [2.24, 2.45) is 0 Å². The van der Waals surface area contributed by atoms with Gasteiger partial charge in [0.25, 0.3) is 0 Å². The van der Waals surface area contributed by atoms with E-state index in [1.54, 1.807) is 18.2 Å². The number of phenols is 1. The van der Waals surface area contributed by atoms with E-state index in [4.69, 9.17) is 4.74 Å². The summed E-state index contributed by atoms with van der Waals surface area (Å²) in [6.45, 7) is 1.47.